The van der Waals surface area contributed by atoms with Crippen LogP contribution in [0.25, 0.3) is 0 Å². The van der Waals surface area contributed by atoms with E-state index in [4.69, 9.17) is 4.74 Å². The van der Waals surface area contributed by atoms with E-state index in [1.54, 1.807) is 0 Å². The monoisotopic (exact) mass is 163 g/mol. The Labute approximate surface area is 70.4 Å². The topological polar surface area (TPSA) is 38.3 Å². The summed E-state index contributed by atoms with van der Waals surface area (Å²) in [6.07, 6.45) is 7.28. The highest BCUT2D eigenvalue weighted by molar-refractivity contribution is 5.74. The Balaban J connectivity index is 2.42. The zero-order valence-corrected chi connectivity index (χ0v) is 6.70. The fraction of sp³-hybridized carbons (Fsp3) is 0.222. The first kappa shape index (κ1) is 7.16. The molecule has 3 nitrogen and oxygen atoms in total. The van der Waals surface area contributed by atoms with Crippen molar-refractivity contribution >= 4 is 6.09 Å². The van der Waals surface area contributed by atoms with Crippen LogP contribution in [0.2, 0.25) is 0 Å². The summed E-state index contributed by atoms with van der Waals surface area (Å²) in [5.74, 6) is 0.713. The average molecular weight is 163 g/mol. The first-order valence-electron chi connectivity index (χ1n) is 3.81. The summed E-state index contributed by atoms with van der Waals surface area (Å²) in [6, 6.07) is -0.0764. The lowest BCUT2D eigenvalue weighted by atomic mass is 10.2. The largest absolute Gasteiger partial charge is 0.413 e. The van der Waals surface area contributed by atoms with E-state index in [9.17, 15) is 4.79 Å². The van der Waals surface area contributed by atoms with Gasteiger partial charge in [0.2, 0.25) is 0 Å². The quantitative estimate of drug-likeness (QED) is 0.587. The molecule has 1 heterocycles. The van der Waals surface area contributed by atoms with Crippen LogP contribution in [0.3, 0.4) is 0 Å². The SMILES string of the molecule is CC1=C2OC(=O)NC2C=CC=C1. The molecule has 0 radical (unpaired) electrons. The molecule has 1 N–H and O–H groups in total. The Morgan fingerprint density at radius 3 is 3.17 bits per heavy atom. The molecule has 3 heteroatoms. The number of rotatable bonds is 0. The van der Waals surface area contributed by atoms with E-state index < -0.39 is 0 Å². The molecule has 1 atom stereocenters. The summed E-state index contributed by atoms with van der Waals surface area (Å²) in [4.78, 5) is 10.8. The third-order valence-electron chi connectivity index (χ3n) is 1.91. The van der Waals surface area contributed by atoms with Crippen LogP contribution < -0.4 is 5.32 Å². The number of carbonyl (C=O) groups is 1. The Morgan fingerprint density at radius 2 is 2.33 bits per heavy atom. The van der Waals surface area contributed by atoms with Gasteiger partial charge in [0.25, 0.3) is 0 Å². The van der Waals surface area contributed by atoms with Crippen molar-refractivity contribution in [3.8, 4) is 0 Å². The average Bonchev–Trinajstić information content (AvgIpc) is 2.33. The number of hydrogen-bond donors (Lipinski definition) is 1. The summed E-state index contributed by atoms with van der Waals surface area (Å²) in [5.41, 5.74) is 0.989. The van der Waals surface area contributed by atoms with Crippen molar-refractivity contribution in [3.05, 3.63) is 35.6 Å². The van der Waals surface area contributed by atoms with Crippen LogP contribution in [0.4, 0.5) is 4.79 Å². The summed E-state index contributed by atoms with van der Waals surface area (Å²) < 4.78 is 4.98. The molecule has 12 heavy (non-hydrogen) atoms. The van der Waals surface area contributed by atoms with E-state index in [1.165, 1.54) is 0 Å². The molecule has 62 valence electrons. The fourth-order valence-electron chi connectivity index (χ4n) is 1.30. The predicted octanol–water partition coefficient (Wildman–Crippen LogP) is 1.49. The van der Waals surface area contributed by atoms with Crippen molar-refractivity contribution in [3.63, 3.8) is 0 Å². The van der Waals surface area contributed by atoms with Crippen LogP contribution in [0.1, 0.15) is 6.92 Å². The van der Waals surface area contributed by atoms with Gasteiger partial charge < -0.3 is 10.1 Å². The molecule has 0 spiro atoms. The molecule has 0 saturated carbocycles. The summed E-state index contributed by atoms with van der Waals surface area (Å²) in [6.45, 7) is 1.92. The van der Waals surface area contributed by atoms with Gasteiger partial charge in [0.15, 0.2) is 0 Å². The van der Waals surface area contributed by atoms with E-state index in [0.29, 0.717) is 5.76 Å². The van der Waals surface area contributed by atoms with E-state index in [1.807, 2.05) is 31.2 Å². The molecule has 0 bridgehead atoms. The van der Waals surface area contributed by atoms with Gasteiger partial charge >= 0.3 is 6.09 Å². The lowest BCUT2D eigenvalue weighted by Gasteiger charge is -2.02. The second kappa shape index (κ2) is 2.52. The summed E-state index contributed by atoms with van der Waals surface area (Å²) in [5, 5.41) is 2.68. The fourth-order valence-corrected chi connectivity index (χ4v) is 1.30. The van der Waals surface area contributed by atoms with Crippen LogP contribution in [0.5, 0.6) is 0 Å². The number of alkyl carbamates (subject to hydrolysis) is 1. The van der Waals surface area contributed by atoms with Crippen molar-refractivity contribution in [2.45, 2.75) is 13.0 Å². The molecule has 1 unspecified atom stereocenters. The summed E-state index contributed by atoms with van der Waals surface area (Å²) in [7, 11) is 0. The Bertz CT molecular complexity index is 312. The number of ether oxygens (including phenoxy) is 1. The lowest BCUT2D eigenvalue weighted by molar-refractivity contribution is 0.194. The van der Waals surface area contributed by atoms with E-state index in [2.05, 4.69) is 5.32 Å². The van der Waals surface area contributed by atoms with Crippen LogP contribution in [0, 0.1) is 0 Å². The molecule has 1 amide bonds. The Hall–Kier alpha value is -1.51. The van der Waals surface area contributed by atoms with E-state index in [0.717, 1.165) is 5.57 Å². The highest BCUT2D eigenvalue weighted by Crippen LogP contribution is 2.21. The Kier molecular flexibility index (Phi) is 1.50. The predicted molar refractivity (Wildman–Crippen MR) is 44.4 cm³/mol. The van der Waals surface area contributed by atoms with Gasteiger partial charge in [-0.2, -0.15) is 0 Å². The maximum absolute atomic E-state index is 10.8. The minimum absolute atomic E-state index is 0.0764. The number of hydrogen-bond acceptors (Lipinski definition) is 2. The van der Waals surface area contributed by atoms with Crippen LogP contribution in [-0.4, -0.2) is 12.1 Å². The van der Waals surface area contributed by atoms with Crippen molar-refractivity contribution in [2.75, 3.05) is 0 Å². The van der Waals surface area contributed by atoms with Crippen molar-refractivity contribution in [1.82, 2.24) is 5.32 Å². The normalized spacial score (nSPS) is 26.4. The number of allylic oxidation sites excluding steroid dienone is 4. The molecule has 0 aromatic heterocycles. The maximum atomic E-state index is 10.8. The molecule has 1 saturated heterocycles. The molecule has 2 rings (SSSR count). The second-order valence-electron chi connectivity index (χ2n) is 2.80. The zero-order chi connectivity index (χ0) is 8.55. The maximum Gasteiger partial charge on any atom is 0.413 e. The van der Waals surface area contributed by atoms with Gasteiger partial charge in [0, 0.05) is 0 Å². The van der Waals surface area contributed by atoms with Gasteiger partial charge in [-0.1, -0.05) is 24.3 Å². The van der Waals surface area contributed by atoms with Crippen molar-refractivity contribution in [1.29, 1.82) is 0 Å². The van der Waals surface area contributed by atoms with Gasteiger partial charge in [-0.3, -0.25) is 0 Å². The molecule has 0 aromatic carbocycles. The van der Waals surface area contributed by atoms with Gasteiger partial charge in [-0.25, -0.2) is 4.79 Å². The number of nitrogens with one attached hydrogen (secondary N) is 1. The van der Waals surface area contributed by atoms with Crippen molar-refractivity contribution < 1.29 is 9.53 Å². The third-order valence-corrected chi connectivity index (χ3v) is 1.91. The molecule has 0 aromatic rings. The number of amides is 1. The standard InChI is InChI=1S/C9H9NO2/c1-6-4-2-3-5-7-8(6)12-9(11)10-7/h2-5,7H,1H3,(H,10,11). The van der Waals surface area contributed by atoms with Gasteiger partial charge in [0.1, 0.15) is 11.8 Å². The van der Waals surface area contributed by atoms with Crippen LogP contribution >= 0.6 is 0 Å². The highest BCUT2D eigenvalue weighted by Gasteiger charge is 2.28. The minimum Gasteiger partial charge on any atom is -0.412 e. The van der Waals surface area contributed by atoms with Gasteiger partial charge in [-0.15, -0.1) is 0 Å². The first-order valence-corrected chi connectivity index (χ1v) is 3.81. The third kappa shape index (κ3) is 1.03. The smallest absolute Gasteiger partial charge is 0.412 e. The van der Waals surface area contributed by atoms with Gasteiger partial charge in [0.05, 0.1) is 0 Å². The highest BCUT2D eigenvalue weighted by atomic mass is 16.6. The minimum atomic E-state index is -0.366. The molecule has 1 fully saturated rings. The second-order valence-corrected chi connectivity index (χ2v) is 2.80. The number of carbonyl (C=O) groups excluding carboxylic acids is 1. The zero-order valence-electron chi connectivity index (χ0n) is 6.70. The number of fused-ring (bicyclic) bond motifs is 1. The van der Waals surface area contributed by atoms with Crippen molar-refractivity contribution in [2.24, 2.45) is 0 Å². The molecular formula is C9H9NO2. The molecule has 1 aliphatic carbocycles. The molecule has 2 aliphatic rings. The van der Waals surface area contributed by atoms with Crippen LogP contribution in [-0.2, 0) is 4.74 Å². The van der Waals surface area contributed by atoms with Crippen LogP contribution in [0.15, 0.2) is 35.6 Å². The summed E-state index contributed by atoms with van der Waals surface area (Å²) >= 11 is 0. The van der Waals surface area contributed by atoms with E-state index >= 15 is 0 Å². The van der Waals surface area contributed by atoms with E-state index in [-0.39, 0.29) is 12.1 Å². The van der Waals surface area contributed by atoms with Gasteiger partial charge in [-0.05, 0) is 12.5 Å². The lowest BCUT2D eigenvalue weighted by Crippen LogP contribution is -2.22. The first-order chi connectivity index (χ1) is 5.77. The molecule has 1 aliphatic heterocycles. The molecular weight excluding hydrogens is 154 g/mol. The Morgan fingerprint density at radius 1 is 1.50 bits per heavy atom.